The van der Waals surface area contributed by atoms with Gasteiger partial charge < -0.3 is 10.5 Å². The lowest BCUT2D eigenvalue weighted by Gasteiger charge is -2.05. The van der Waals surface area contributed by atoms with Crippen LogP contribution in [-0.4, -0.2) is 32.4 Å². The number of nitro groups is 2. The maximum Gasteiger partial charge on any atom is 0.303 e. The zero-order chi connectivity index (χ0) is 25.6. The molecular formula is C23H29N3O7. The number of rotatable bonds is 9. The van der Waals surface area contributed by atoms with E-state index in [-0.39, 0.29) is 22.6 Å². The average molecular weight is 459 g/mol. The van der Waals surface area contributed by atoms with Gasteiger partial charge in [-0.3, -0.25) is 29.8 Å². The quantitative estimate of drug-likeness (QED) is 0.199. The Bertz CT molecular complexity index is 986. The fraction of sp³-hybridized carbons (Fsp3) is 0.348. The topological polar surface area (TPSA) is 164 Å². The average Bonchev–Trinajstić information content (AvgIpc) is 2.83. The zero-order valence-corrected chi connectivity index (χ0v) is 19.2. The van der Waals surface area contributed by atoms with Crippen LogP contribution in [-0.2, 0) is 4.79 Å². The monoisotopic (exact) mass is 459 g/mol. The molecule has 10 nitrogen and oxygen atoms in total. The highest BCUT2D eigenvalue weighted by atomic mass is 16.6. The van der Waals surface area contributed by atoms with Crippen molar-refractivity contribution in [2.75, 3.05) is 0 Å². The van der Waals surface area contributed by atoms with Crippen LogP contribution in [0.15, 0.2) is 42.5 Å². The number of hydrogen-bond donors (Lipinski definition) is 2. The molecule has 0 unspecified atom stereocenters. The van der Waals surface area contributed by atoms with E-state index < -0.39 is 21.6 Å². The smallest absolute Gasteiger partial charge is 0.303 e. The highest BCUT2D eigenvalue weighted by molar-refractivity contribution is 6.44. The highest BCUT2D eigenvalue weighted by Crippen LogP contribution is 2.33. The largest absolute Gasteiger partial charge is 0.481 e. The van der Waals surface area contributed by atoms with Gasteiger partial charge in [-0.2, -0.15) is 0 Å². The third-order valence-corrected chi connectivity index (χ3v) is 4.22. The van der Waals surface area contributed by atoms with Crippen molar-refractivity contribution in [2.24, 2.45) is 0 Å². The van der Waals surface area contributed by atoms with E-state index in [1.165, 1.54) is 36.4 Å². The molecule has 0 aromatic heterocycles. The molecule has 0 aliphatic heterocycles. The lowest BCUT2D eigenvalue weighted by Crippen LogP contribution is -2.11. The maximum absolute atomic E-state index is 11.9. The lowest BCUT2D eigenvalue weighted by molar-refractivity contribution is -0.393. The molecule has 0 fully saturated rings. The Labute approximate surface area is 192 Å². The van der Waals surface area contributed by atoms with Crippen molar-refractivity contribution >= 4 is 28.8 Å². The first-order valence-electron chi connectivity index (χ1n) is 10.5. The minimum absolute atomic E-state index is 0.0240. The summed E-state index contributed by atoms with van der Waals surface area (Å²) >= 11 is 0. The molecule has 2 aromatic carbocycles. The molecular weight excluding hydrogens is 430 g/mol. The van der Waals surface area contributed by atoms with Crippen LogP contribution in [0.2, 0.25) is 0 Å². The normalized spacial score (nSPS) is 9.45. The van der Waals surface area contributed by atoms with Crippen LogP contribution < -0.4 is 0 Å². The van der Waals surface area contributed by atoms with E-state index in [2.05, 4.69) is 0 Å². The van der Waals surface area contributed by atoms with Gasteiger partial charge in [-0.25, -0.2) is 0 Å². The van der Waals surface area contributed by atoms with Crippen LogP contribution >= 0.6 is 0 Å². The number of unbranched alkanes of at least 4 members (excludes halogenated alkanes) is 1. The summed E-state index contributed by atoms with van der Waals surface area (Å²) in [5.74, 6) is -1.09. The molecule has 0 spiro atoms. The SMILES string of the molecule is CC.CCC(=N)C(=O)c1ccc(-c2ccc([N+](=O)[O-])cc2[N+](=O)[O-])cc1.CCCCC(=O)O. The number of nitrogens with zero attached hydrogens (tertiary/aromatic N) is 2. The minimum atomic E-state index is -0.699. The van der Waals surface area contributed by atoms with Crippen LogP contribution in [0.4, 0.5) is 11.4 Å². The molecule has 33 heavy (non-hydrogen) atoms. The number of hydrogen-bond acceptors (Lipinski definition) is 7. The van der Waals surface area contributed by atoms with Gasteiger partial charge in [0.2, 0.25) is 5.78 Å². The Morgan fingerprint density at radius 1 is 0.970 bits per heavy atom. The Kier molecular flexibility index (Phi) is 13.2. The van der Waals surface area contributed by atoms with E-state index in [4.69, 9.17) is 10.5 Å². The summed E-state index contributed by atoms with van der Waals surface area (Å²) in [7, 11) is 0. The summed E-state index contributed by atoms with van der Waals surface area (Å²) < 4.78 is 0. The van der Waals surface area contributed by atoms with E-state index in [1.807, 2.05) is 20.8 Å². The molecule has 2 N–H and O–H groups in total. The van der Waals surface area contributed by atoms with E-state index in [1.54, 1.807) is 6.92 Å². The number of aliphatic carboxylic acids is 1. The number of ketones is 1. The number of Topliss-reactive ketones (excluding diaryl/α,β-unsaturated/α-hetero) is 1. The molecule has 0 atom stereocenters. The van der Waals surface area contributed by atoms with Gasteiger partial charge in [-0.15, -0.1) is 0 Å². The summed E-state index contributed by atoms with van der Waals surface area (Å²) in [6, 6.07) is 9.39. The van der Waals surface area contributed by atoms with Crippen molar-refractivity contribution in [1.82, 2.24) is 0 Å². The molecule has 0 aliphatic rings. The fourth-order valence-electron chi connectivity index (χ4n) is 2.49. The second kappa shape index (κ2) is 15.0. The number of carbonyl (C=O) groups is 2. The third-order valence-electron chi connectivity index (χ3n) is 4.22. The van der Waals surface area contributed by atoms with Gasteiger partial charge in [-0.1, -0.05) is 58.4 Å². The molecule has 178 valence electrons. The molecule has 10 heteroatoms. The molecule has 0 heterocycles. The predicted octanol–water partition coefficient (Wildman–Crippen LogP) is 6.07. The molecule has 0 bridgehead atoms. The van der Waals surface area contributed by atoms with Crippen LogP contribution in [0.1, 0.15) is 63.7 Å². The van der Waals surface area contributed by atoms with Crippen molar-refractivity contribution in [3.63, 3.8) is 0 Å². The Balaban J connectivity index is 0.000000973. The number of carboxylic acids is 1. The van der Waals surface area contributed by atoms with Crippen LogP contribution in [0, 0.1) is 25.6 Å². The van der Waals surface area contributed by atoms with Crippen molar-refractivity contribution in [3.8, 4) is 11.1 Å². The molecule has 0 saturated heterocycles. The van der Waals surface area contributed by atoms with Gasteiger partial charge in [0.1, 0.15) is 0 Å². The second-order valence-corrected chi connectivity index (χ2v) is 6.45. The number of nitrogens with one attached hydrogen (secondary N) is 1. The van der Waals surface area contributed by atoms with Crippen LogP contribution in [0.25, 0.3) is 11.1 Å². The summed E-state index contributed by atoms with van der Waals surface area (Å²) in [6.45, 7) is 7.68. The summed E-state index contributed by atoms with van der Waals surface area (Å²) in [5.41, 5.74) is 0.212. The zero-order valence-electron chi connectivity index (χ0n) is 19.2. The Morgan fingerprint density at radius 3 is 1.94 bits per heavy atom. The molecule has 0 radical (unpaired) electrons. The van der Waals surface area contributed by atoms with Gasteiger partial charge in [-0.05, 0) is 24.5 Å². The van der Waals surface area contributed by atoms with E-state index >= 15 is 0 Å². The Morgan fingerprint density at radius 2 is 1.55 bits per heavy atom. The number of carbonyl (C=O) groups excluding carboxylic acids is 1. The fourth-order valence-corrected chi connectivity index (χ4v) is 2.49. The lowest BCUT2D eigenvalue weighted by atomic mass is 9.99. The minimum Gasteiger partial charge on any atom is -0.481 e. The third kappa shape index (κ3) is 9.38. The van der Waals surface area contributed by atoms with Crippen molar-refractivity contribution < 1.29 is 24.5 Å². The van der Waals surface area contributed by atoms with Gasteiger partial charge in [0.05, 0.1) is 27.2 Å². The summed E-state index contributed by atoms with van der Waals surface area (Å²) in [6.07, 6.45) is 2.40. The van der Waals surface area contributed by atoms with E-state index in [0.717, 1.165) is 18.9 Å². The van der Waals surface area contributed by atoms with E-state index in [9.17, 15) is 29.8 Å². The van der Waals surface area contributed by atoms with Crippen molar-refractivity contribution in [2.45, 2.75) is 53.4 Å². The number of benzene rings is 2. The maximum atomic E-state index is 11.9. The highest BCUT2D eigenvalue weighted by Gasteiger charge is 2.20. The van der Waals surface area contributed by atoms with Crippen molar-refractivity contribution in [1.29, 1.82) is 5.41 Å². The van der Waals surface area contributed by atoms with Crippen LogP contribution in [0.3, 0.4) is 0 Å². The number of nitro benzene ring substituents is 2. The molecule has 0 amide bonds. The Hall–Kier alpha value is -3.95. The first-order chi connectivity index (χ1) is 15.6. The van der Waals surface area contributed by atoms with E-state index in [0.29, 0.717) is 24.0 Å². The van der Waals surface area contributed by atoms with Gasteiger partial charge in [0.15, 0.2) is 0 Å². The van der Waals surface area contributed by atoms with Gasteiger partial charge >= 0.3 is 5.97 Å². The number of carboxylic acid groups (broad SMARTS) is 1. The molecule has 2 aromatic rings. The summed E-state index contributed by atoms with van der Waals surface area (Å²) in [4.78, 5) is 42.2. The van der Waals surface area contributed by atoms with Crippen molar-refractivity contribution in [3.05, 3.63) is 68.3 Å². The van der Waals surface area contributed by atoms with Gasteiger partial charge in [0.25, 0.3) is 11.4 Å². The molecule has 0 saturated carbocycles. The second-order valence-electron chi connectivity index (χ2n) is 6.45. The molecule has 2 rings (SSSR count). The van der Waals surface area contributed by atoms with Gasteiger partial charge in [0, 0.05) is 18.1 Å². The van der Waals surface area contributed by atoms with Crippen LogP contribution in [0.5, 0.6) is 0 Å². The standard InChI is InChI=1S/C16H13N3O5.C5H10O2.C2H6/c1-2-14(17)16(20)11-5-3-10(4-6-11)13-8-7-12(18(21)22)9-15(13)19(23)24;1-2-3-4-5(6)7;1-2/h3-9,17H,2H2,1H3;2-4H2,1H3,(H,6,7);1-2H3. The molecule has 0 aliphatic carbocycles. The predicted molar refractivity (Wildman–Crippen MR) is 126 cm³/mol. The summed E-state index contributed by atoms with van der Waals surface area (Å²) in [5, 5.41) is 37.5. The number of non-ortho nitro benzene ring substituents is 1. The first-order valence-corrected chi connectivity index (χ1v) is 10.5. The first kappa shape index (κ1) is 29.1.